The van der Waals surface area contributed by atoms with Crippen LogP contribution in [0, 0.1) is 0 Å². The molecule has 0 aliphatic rings. The van der Waals surface area contributed by atoms with Crippen LogP contribution in [0.2, 0.25) is 0 Å². The van der Waals surface area contributed by atoms with Crippen LogP contribution in [0.4, 0.5) is 0 Å². The molecule has 0 aromatic heterocycles. The van der Waals surface area contributed by atoms with Gasteiger partial charge in [0.25, 0.3) is 0 Å². The van der Waals surface area contributed by atoms with E-state index in [2.05, 4.69) is 0 Å². The smallest absolute Gasteiger partial charge is 1.00 e. The van der Waals surface area contributed by atoms with Crippen LogP contribution >= 0.6 is 0 Å². The third-order valence-corrected chi connectivity index (χ3v) is 1.02. The van der Waals surface area contributed by atoms with Gasteiger partial charge in [0.1, 0.15) is 6.04 Å². The molecule has 0 unspecified atom stereocenters. The molecule has 6 heteroatoms. The first kappa shape index (κ1) is 13.3. The summed E-state index contributed by atoms with van der Waals surface area (Å²) in [5.41, 5.74) is 9.81. The Kier molecular flexibility index (Phi) is 7.70. The van der Waals surface area contributed by atoms with Crippen LogP contribution in [-0.2, 0) is 9.59 Å². The molecule has 0 radical (unpaired) electrons. The van der Waals surface area contributed by atoms with E-state index in [0.29, 0.717) is 0 Å². The Morgan fingerprint density at radius 3 is 2.27 bits per heavy atom. The number of hydrogen-bond acceptors (Lipinski definition) is 3. The van der Waals surface area contributed by atoms with E-state index in [1.807, 2.05) is 0 Å². The Labute approximate surface area is 83.2 Å². The van der Waals surface area contributed by atoms with Crippen LogP contribution in [0.15, 0.2) is 0 Å². The number of primary amides is 1. The molecule has 0 saturated heterocycles. The van der Waals surface area contributed by atoms with Crippen molar-refractivity contribution >= 4 is 34.9 Å². The van der Waals surface area contributed by atoms with Gasteiger partial charge in [-0.2, -0.15) is 0 Å². The number of aliphatic carboxylic acids is 1. The van der Waals surface area contributed by atoms with Crippen LogP contribution in [0.25, 0.3) is 0 Å². The molecule has 1 amide bonds. The molecule has 0 bridgehead atoms. The van der Waals surface area contributed by atoms with Crippen molar-refractivity contribution in [3.8, 4) is 0 Å². The summed E-state index contributed by atoms with van der Waals surface area (Å²) in [7, 11) is 0. The van der Waals surface area contributed by atoms with Gasteiger partial charge >= 0.3 is 29.0 Å². The maximum absolute atomic E-state index is 10.1. The summed E-state index contributed by atoms with van der Waals surface area (Å²) in [6.07, 6.45) is 0.123. The minimum absolute atomic E-state index is 0. The summed E-state index contributed by atoms with van der Waals surface area (Å²) >= 11 is 0. The predicted molar refractivity (Wildman–Crippen MR) is 42.0 cm³/mol. The number of carbonyl (C=O) groups is 2. The largest absolute Gasteiger partial charge is 2.00 e. The van der Waals surface area contributed by atoms with E-state index in [0.717, 1.165) is 0 Å². The quantitative estimate of drug-likeness (QED) is 0.449. The first-order chi connectivity index (χ1) is 4.54. The molecule has 0 aliphatic heterocycles. The Morgan fingerprint density at radius 2 is 2.00 bits per heavy atom. The molecule has 0 aromatic carbocycles. The summed E-state index contributed by atoms with van der Waals surface area (Å²) in [6, 6.07) is -0.979. The van der Waals surface area contributed by atoms with Crippen LogP contribution in [0.3, 0.4) is 0 Å². The van der Waals surface area contributed by atoms with E-state index in [-0.39, 0.29) is 38.7 Å². The molecule has 11 heavy (non-hydrogen) atoms. The molecule has 0 spiro atoms. The zero-order valence-corrected chi connectivity index (χ0v) is 7.53. The second kappa shape index (κ2) is 6.38. The normalized spacial score (nSPS) is 11.4. The van der Waals surface area contributed by atoms with Crippen molar-refractivity contribution in [3.63, 3.8) is 0 Å². The predicted octanol–water partition coefficient (Wildman–Crippen LogP) is -1.49. The molecule has 0 aliphatic carbocycles. The number of carboxylic acid groups (broad SMARTS) is 1. The van der Waals surface area contributed by atoms with Gasteiger partial charge in [0.05, 0.1) is 0 Å². The fourth-order valence-corrected chi connectivity index (χ4v) is 0.421. The summed E-state index contributed by atoms with van der Waals surface area (Å²) in [6.45, 7) is 0. The maximum Gasteiger partial charge on any atom is 2.00 e. The molecule has 0 heterocycles. The number of amides is 1. The zero-order chi connectivity index (χ0) is 8.15. The second-order valence-corrected chi connectivity index (χ2v) is 1.95. The molecule has 62 valence electrons. The van der Waals surface area contributed by atoms with Crippen molar-refractivity contribution in [2.24, 2.45) is 11.5 Å². The monoisotopic (exact) mass is 172 g/mol. The van der Waals surface area contributed by atoms with Gasteiger partial charge in [0.2, 0.25) is 5.91 Å². The topological polar surface area (TPSA) is 106 Å². The van der Waals surface area contributed by atoms with Gasteiger partial charge < -0.3 is 19.4 Å². The first-order valence-corrected chi connectivity index (χ1v) is 2.80. The SMILES string of the molecule is NC(=O)CC[C@H](N)C(=O)O.[H-].[H-].[Mg+2]. The third-order valence-electron chi connectivity index (χ3n) is 1.02. The molecule has 0 saturated carbocycles. The molecular weight excluding hydrogens is 160 g/mol. The fraction of sp³-hybridized carbons (Fsp3) is 0.600. The molecule has 0 aromatic rings. The molecule has 0 rings (SSSR count). The van der Waals surface area contributed by atoms with Gasteiger partial charge in [0.15, 0.2) is 0 Å². The number of hydrogen-bond donors (Lipinski definition) is 3. The molecule has 1 atom stereocenters. The van der Waals surface area contributed by atoms with Gasteiger partial charge in [-0.05, 0) is 6.42 Å². The minimum Gasteiger partial charge on any atom is -1.00 e. The van der Waals surface area contributed by atoms with Gasteiger partial charge in [-0.3, -0.25) is 9.59 Å². The standard InChI is InChI=1S/C5H10N2O3.Mg.2H/c6-3(5(9)10)1-2-4(7)8;;;/h3H,1-2,6H2,(H2,7,8)(H,9,10);;;/q;+2;2*-1/t3-;;;/m0.../s1. The number of carbonyl (C=O) groups excluding carboxylic acids is 1. The summed E-state index contributed by atoms with van der Waals surface area (Å²) < 4.78 is 0. The van der Waals surface area contributed by atoms with E-state index in [4.69, 9.17) is 16.6 Å². The van der Waals surface area contributed by atoms with Crippen LogP contribution in [-0.4, -0.2) is 46.1 Å². The van der Waals surface area contributed by atoms with E-state index in [1.54, 1.807) is 0 Å². The molecule has 5 nitrogen and oxygen atoms in total. The maximum atomic E-state index is 10.1. The van der Waals surface area contributed by atoms with E-state index in [1.165, 1.54) is 0 Å². The average Bonchev–Trinajstić information content (AvgIpc) is 1.82. The molecule has 5 N–H and O–H groups in total. The van der Waals surface area contributed by atoms with Gasteiger partial charge in [0, 0.05) is 6.42 Å². The zero-order valence-electron chi connectivity index (χ0n) is 8.12. The van der Waals surface area contributed by atoms with Crippen LogP contribution in [0.5, 0.6) is 0 Å². The Morgan fingerprint density at radius 1 is 1.55 bits per heavy atom. The van der Waals surface area contributed by atoms with Crippen molar-refractivity contribution in [1.29, 1.82) is 0 Å². The van der Waals surface area contributed by atoms with Crippen molar-refractivity contribution in [1.82, 2.24) is 0 Å². The van der Waals surface area contributed by atoms with Gasteiger partial charge in [-0.15, -0.1) is 0 Å². The second-order valence-electron chi connectivity index (χ2n) is 1.95. The van der Waals surface area contributed by atoms with Crippen molar-refractivity contribution in [2.45, 2.75) is 18.9 Å². The number of rotatable bonds is 4. The van der Waals surface area contributed by atoms with Crippen molar-refractivity contribution in [2.75, 3.05) is 0 Å². The Balaban J connectivity index is -0.000000135. The van der Waals surface area contributed by atoms with Gasteiger partial charge in [-0.25, -0.2) is 0 Å². The third kappa shape index (κ3) is 7.56. The van der Waals surface area contributed by atoms with Gasteiger partial charge in [-0.1, -0.05) is 0 Å². The van der Waals surface area contributed by atoms with Crippen molar-refractivity contribution in [3.05, 3.63) is 0 Å². The number of nitrogens with two attached hydrogens (primary N) is 2. The summed E-state index contributed by atoms with van der Waals surface area (Å²) in [4.78, 5) is 20.1. The van der Waals surface area contributed by atoms with E-state index < -0.39 is 17.9 Å². The van der Waals surface area contributed by atoms with Crippen LogP contribution < -0.4 is 11.5 Å². The first-order valence-electron chi connectivity index (χ1n) is 2.80. The van der Waals surface area contributed by atoms with Crippen LogP contribution in [0.1, 0.15) is 15.7 Å². The Bertz CT molecular complexity index is 159. The summed E-state index contributed by atoms with van der Waals surface area (Å²) in [5, 5.41) is 8.22. The number of carboxylic acids is 1. The summed E-state index contributed by atoms with van der Waals surface area (Å²) in [5.74, 6) is -1.64. The molecular formula is C5H12MgN2O3. The van der Waals surface area contributed by atoms with E-state index in [9.17, 15) is 9.59 Å². The van der Waals surface area contributed by atoms with Crippen molar-refractivity contribution < 1.29 is 17.5 Å². The molecule has 0 fully saturated rings. The Hall–Kier alpha value is -0.334. The minimum atomic E-state index is -1.11. The van der Waals surface area contributed by atoms with E-state index >= 15 is 0 Å². The fourth-order valence-electron chi connectivity index (χ4n) is 0.421. The average molecular weight is 172 g/mol.